The second-order valence-corrected chi connectivity index (χ2v) is 6.33. The second kappa shape index (κ2) is 8.21. The molecular weight excluding hydrogens is 382 g/mol. The Morgan fingerprint density at radius 3 is 2.54 bits per heavy atom. The first kappa shape index (κ1) is 18.4. The predicted molar refractivity (Wildman–Crippen MR) is 91.1 cm³/mol. The van der Waals surface area contributed by atoms with E-state index < -0.39 is 23.2 Å². The number of carbonyl (C=O) groups excluding carboxylic acids is 1. The number of methoxy groups -OCH3 is 1. The molecule has 1 amide bonds. The quantitative estimate of drug-likeness (QED) is 0.782. The summed E-state index contributed by atoms with van der Waals surface area (Å²) in [5.74, 6) is -1.34. The highest BCUT2D eigenvalue weighted by atomic mass is 79.9. The molecule has 0 fully saturated rings. The van der Waals surface area contributed by atoms with Crippen molar-refractivity contribution in [3.05, 3.63) is 58.1 Å². The van der Waals surface area contributed by atoms with Crippen LogP contribution >= 0.6 is 15.9 Å². The summed E-state index contributed by atoms with van der Waals surface area (Å²) in [6, 6.07) is 9.06. The molecule has 7 heteroatoms. The first-order valence-corrected chi connectivity index (χ1v) is 8.07. The number of amides is 1. The van der Waals surface area contributed by atoms with Crippen molar-refractivity contribution in [2.75, 3.05) is 26.0 Å². The highest BCUT2D eigenvalue weighted by molar-refractivity contribution is 9.10. The highest BCUT2D eigenvalue weighted by Gasteiger charge is 2.17. The monoisotopic (exact) mass is 399 g/mol. The van der Waals surface area contributed by atoms with E-state index in [4.69, 9.17) is 4.74 Å². The van der Waals surface area contributed by atoms with Gasteiger partial charge in [0.2, 0.25) is 0 Å². The standard InChI is InChI=1S/C17H17BrF2N2O2/c1-22(9-11-8-12(18)6-7-15(11)24-2)10-16(23)21-17-13(19)4-3-5-14(17)20/h3-8H,9-10H2,1-2H3,(H,21,23)/p+1. The number of rotatable bonds is 6. The number of benzene rings is 2. The van der Waals surface area contributed by atoms with Crippen LogP contribution in [0.2, 0.25) is 0 Å². The van der Waals surface area contributed by atoms with Crippen LogP contribution in [0.1, 0.15) is 5.56 Å². The molecule has 2 rings (SSSR count). The van der Waals surface area contributed by atoms with Crippen molar-refractivity contribution in [1.29, 1.82) is 0 Å². The summed E-state index contributed by atoms with van der Waals surface area (Å²) >= 11 is 3.40. The maximum absolute atomic E-state index is 13.6. The van der Waals surface area contributed by atoms with Gasteiger partial charge in [-0.2, -0.15) is 0 Å². The minimum absolute atomic E-state index is 0.0590. The zero-order valence-corrected chi connectivity index (χ0v) is 14.9. The molecule has 2 N–H and O–H groups in total. The number of halogens is 3. The molecule has 1 unspecified atom stereocenters. The van der Waals surface area contributed by atoms with Crippen molar-refractivity contribution in [2.24, 2.45) is 0 Å². The Hall–Kier alpha value is -1.99. The van der Waals surface area contributed by atoms with E-state index in [2.05, 4.69) is 21.2 Å². The summed E-state index contributed by atoms with van der Waals surface area (Å²) in [6.07, 6.45) is 0. The third-order valence-corrected chi connectivity index (χ3v) is 3.92. The van der Waals surface area contributed by atoms with Gasteiger partial charge >= 0.3 is 0 Å². The van der Waals surface area contributed by atoms with E-state index in [1.165, 1.54) is 6.07 Å². The van der Waals surface area contributed by atoms with Crippen LogP contribution in [0.3, 0.4) is 0 Å². The van der Waals surface area contributed by atoms with E-state index in [9.17, 15) is 13.6 Å². The van der Waals surface area contributed by atoms with Crippen LogP contribution in [-0.4, -0.2) is 26.6 Å². The van der Waals surface area contributed by atoms with Crippen molar-refractivity contribution in [1.82, 2.24) is 0 Å². The SMILES string of the molecule is COc1ccc(Br)cc1C[NH+](C)CC(=O)Nc1c(F)cccc1F. The van der Waals surface area contributed by atoms with Gasteiger partial charge in [-0.25, -0.2) is 8.78 Å². The number of ether oxygens (including phenoxy) is 1. The van der Waals surface area contributed by atoms with Crippen molar-refractivity contribution < 1.29 is 23.2 Å². The lowest BCUT2D eigenvalue weighted by atomic mass is 10.2. The Labute approximate surface area is 147 Å². The van der Waals surface area contributed by atoms with Crippen LogP contribution in [0.15, 0.2) is 40.9 Å². The lowest BCUT2D eigenvalue weighted by Crippen LogP contribution is -3.08. The minimum atomic E-state index is -0.797. The number of quaternary nitrogens is 1. The molecule has 0 saturated heterocycles. The van der Waals surface area contributed by atoms with Crippen LogP contribution in [-0.2, 0) is 11.3 Å². The minimum Gasteiger partial charge on any atom is -0.496 e. The van der Waals surface area contributed by atoms with Gasteiger partial charge in [-0.05, 0) is 30.3 Å². The molecule has 0 aliphatic carbocycles. The van der Waals surface area contributed by atoms with E-state index in [0.29, 0.717) is 6.54 Å². The Morgan fingerprint density at radius 2 is 1.92 bits per heavy atom. The first-order valence-electron chi connectivity index (χ1n) is 7.28. The van der Waals surface area contributed by atoms with Gasteiger partial charge in [0.25, 0.3) is 5.91 Å². The van der Waals surface area contributed by atoms with Crippen molar-refractivity contribution >= 4 is 27.5 Å². The number of hydrogen-bond acceptors (Lipinski definition) is 2. The van der Waals surface area contributed by atoms with Crippen LogP contribution < -0.4 is 15.0 Å². The molecule has 0 spiro atoms. The van der Waals surface area contributed by atoms with Gasteiger partial charge in [-0.1, -0.05) is 22.0 Å². The Kier molecular flexibility index (Phi) is 6.28. The number of likely N-dealkylation sites (N-methyl/N-ethyl adjacent to an activating group) is 1. The summed E-state index contributed by atoms with van der Waals surface area (Å²) in [5, 5.41) is 2.28. The topological polar surface area (TPSA) is 42.8 Å². The van der Waals surface area contributed by atoms with Crippen molar-refractivity contribution in [3.8, 4) is 5.75 Å². The smallest absolute Gasteiger partial charge is 0.279 e. The van der Waals surface area contributed by atoms with E-state index in [1.54, 1.807) is 7.11 Å². The molecule has 0 aliphatic heterocycles. The van der Waals surface area contributed by atoms with Crippen molar-refractivity contribution in [2.45, 2.75) is 6.54 Å². The third kappa shape index (κ3) is 4.75. The number of nitrogens with one attached hydrogen (secondary N) is 2. The van der Waals surface area contributed by atoms with Gasteiger partial charge in [0, 0.05) is 10.0 Å². The van der Waals surface area contributed by atoms with Crippen LogP contribution in [0.25, 0.3) is 0 Å². The van der Waals surface area contributed by atoms with E-state index in [-0.39, 0.29) is 6.54 Å². The molecule has 24 heavy (non-hydrogen) atoms. The van der Waals surface area contributed by atoms with Gasteiger partial charge in [0.05, 0.1) is 14.2 Å². The fourth-order valence-corrected chi connectivity index (χ4v) is 2.76. The average Bonchev–Trinajstić information content (AvgIpc) is 2.51. The first-order chi connectivity index (χ1) is 11.4. The molecule has 0 saturated carbocycles. The summed E-state index contributed by atoms with van der Waals surface area (Å²) in [6.45, 7) is 0.583. The van der Waals surface area contributed by atoms with Crippen molar-refractivity contribution in [3.63, 3.8) is 0 Å². The lowest BCUT2D eigenvalue weighted by Gasteiger charge is -2.16. The Bertz CT molecular complexity index is 720. The fraction of sp³-hybridized carbons (Fsp3) is 0.235. The summed E-state index contributed by atoms with van der Waals surface area (Å²) in [5.41, 5.74) is 0.504. The van der Waals surface area contributed by atoms with Gasteiger partial charge in [0.15, 0.2) is 6.54 Å². The second-order valence-electron chi connectivity index (χ2n) is 5.41. The number of anilines is 1. The van der Waals surface area contributed by atoms with Gasteiger partial charge in [-0.15, -0.1) is 0 Å². The van der Waals surface area contributed by atoms with E-state index in [1.807, 2.05) is 25.2 Å². The average molecular weight is 400 g/mol. The number of hydrogen-bond donors (Lipinski definition) is 2. The highest BCUT2D eigenvalue weighted by Crippen LogP contribution is 2.22. The number of para-hydroxylation sites is 1. The Morgan fingerprint density at radius 1 is 1.25 bits per heavy atom. The summed E-state index contributed by atoms with van der Waals surface area (Å²) in [7, 11) is 3.40. The summed E-state index contributed by atoms with van der Waals surface area (Å²) < 4.78 is 33.3. The largest absolute Gasteiger partial charge is 0.496 e. The third-order valence-electron chi connectivity index (χ3n) is 3.42. The molecule has 0 aromatic heterocycles. The van der Waals surface area contributed by atoms with Crippen LogP contribution in [0, 0.1) is 11.6 Å². The molecule has 128 valence electrons. The molecule has 0 radical (unpaired) electrons. The molecule has 0 aliphatic rings. The summed E-state index contributed by atoms with van der Waals surface area (Å²) in [4.78, 5) is 12.9. The molecule has 0 heterocycles. The van der Waals surface area contributed by atoms with Gasteiger partial charge < -0.3 is 15.0 Å². The fourth-order valence-electron chi connectivity index (χ4n) is 2.35. The molecule has 4 nitrogen and oxygen atoms in total. The normalized spacial score (nSPS) is 11.9. The predicted octanol–water partition coefficient (Wildman–Crippen LogP) is 2.39. The zero-order valence-electron chi connectivity index (χ0n) is 13.3. The Balaban J connectivity index is 2.01. The molecule has 2 aromatic rings. The molecule has 0 bridgehead atoms. The maximum Gasteiger partial charge on any atom is 0.279 e. The molecule has 1 atom stereocenters. The van der Waals surface area contributed by atoms with E-state index in [0.717, 1.165) is 32.8 Å². The van der Waals surface area contributed by atoms with E-state index >= 15 is 0 Å². The molecular formula is C17H18BrF2N2O2+. The van der Waals surface area contributed by atoms with Crippen LogP contribution in [0.5, 0.6) is 5.75 Å². The lowest BCUT2D eigenvalue weighted by molar-refractivity contribution is -0.885. The maximum atomic E-state index is 13.6. The van der Waals surface area contributed by atoms with Gasteiger partial charge in [-0.3, -0.25) is 4.79 Å². The van der Waals surface area contributed by atoms with Crippen LogP contribution in [0.4, 0.5) is 14.5 Å². The number of carbonyl (C=O) groups is 1. The van der Waals surface area contributed by atoms with Gasteiger partial charge in [0.1, 0.15) is 29.6 Å². The zero-order chi connectivity index (χ0) is 17.7. The molecule has 2 aromatic carbocycles.